The minimum atomic E-state index is -0.0798. The molecular weight excluding hydrogens is 386 g/mol. The van der Waals surface area contributed by atoms with Gasteiger partial charge in [0.15, 0.2) is 11.5 Å². The van der Waals surface area contributed by atoms with Crippen LogP contribution in [0, 0.1) is 0 Å². The fraction of sp³-hybridized carbons (Fsp3) is 0.571. The fourth-order valence-electron chi connectivity index (χ4n) is 4.07. The number of urea groups is 1. The molecule has 1 saturated carbocycles. The summed E-state index contributed by atoms with van der Waals surface area (Å²) < 4.78 is 13.9. The SMILES string of the molecule is COc1ccc(CNC(=O)N2CCC(c3nn(C)c(=O)n3C3CC3)CC2)cc1OC. The summed E-state index contributed by atoms with van der Waals surface area (Å²) in [5, 5.41) is 7.48. The number of ether oxygens (including phenoxy) is 2. The second-order valence-electron chi connectivity index (χ2n) is 7.97. The van der Waals surface area contributed by atoms with Crippen molar-refractivity contribution in [2.24, 2.45) is 7.05 Å². The number of nitrogens with one attached hydrogen (secondary N) is 1. The average molecular weight is 415 g/mol. The van der Waals surface area contributed by atoms with E-state index < -0.39 is 0 Å². The number of carbonyl (C=O) groups is 1. The topological polar surface area (TPSA) is 90.6 Å². The molecule has 4 rings (SSSR count). The molecule has 2 aromatic rings. The Hall–Kier alpha value is -2.97. The maximum atomic E-state index is 12.6. The molecule has 2 aliphatic rings. The first kappa shape index (κ1) is 20.3. The van der Waals surface area contributed by atoms with E-state index in [1.54, 1.807) is 21.3 Å². The van der Waals surface area contributed by atoms with E-state index in [1.807, 2.05) is 27.7 Å². The Morgan fingerprint density at radius 3 is 2.47 bits per heavy atom. The molecule has 1 aromatic carbocycles. The van der Waals surface area contributed by atoms with Gasteiger partial charge in [-0.25, -0.2) is 14.3 Å². The van der Waals surface area contributed by atoms with Crippen LogP contribution in [0.15, 0.2) is 23.0 Å². The lowest BCUT2D eigenvalue weighted by molar-refractivity contribution is 0.179. The van der Waals surface area contributed by atoms with Gasteiger partial charge in [-0.2, -0.15) is 5.10 Å². The highest BCUT2D eigenvalue weighted by atomic mass is 16.5. The monoisotopic (exact) mass is 415 g/mol. The van der Waals surface area contributed by atoms with Crippen LogP contribution in [0.4, 0.5) is 4.79 Å². The van der Waals surface area contributed by atoms with E-state index >= 15 is 0 Å². The molecule has 2 amide bonds. The zero-order valence-electron chi connectivity index (χ0n) is 17.8. The summed E-state index contributed by atoms with van der Waals surface area (Å²) in [6, 6.07) is 5.83. The molecule has 1 saturated heterocycles. The minimum Gasteiger partial charge on any atom is -0.493 e. The van der Waals surface area contributed by atoms with Crippen molar-refractivity contribution in [2.45, 2.75) is 44.2 Å². The van der Waals surface area contributed by atoms with Gasteiger partial charge in [-0.15, -0.1) is 0 Å². The van der Waals surface area contributed by atoms with Crippen LogP contribution in [0.2, 0.25) is 0 Å². The predicted octanol–water partition coefficient (Wildman–Crippen LogP) is 2.02. The molecule has 0 bridgehead atoms. The van der Waals surface area contributed by atoms with E-state index in [9.17, 15) is 9.59 Å². The van der Waals surface area contributed by atoms with Gasteiger partial charge in [0.05, 0.1) is 14.2 Å². The van der Waals surface area contributed by atoms with Crippen LogP contribution in [-0.4, -0.2) is 52.6 Å². The summed E-state index contributed by atoms with van der Waals surface area (Å²) in [4.78, 5) is 26.8. The van der Waals surface area contributed by atoms with Gasteiger partial charge in [0.25, 0.3) is 0 Å². The summed E-state index contributed by atoms with van der Waals surface area (Å²) >= 11 is 0. The smallest absolute Gasteiger partial charge is 0.345 e. The van der Waals surface area contributed by atoms with Crippen LogP contribution in [0.5, 0.6) is 11.5 Å². The molecule has 1 aliphatic heterocycles. The average Bonchev–Trinajstić information content (AvgIpc) is 3.57. The number of piperidine rings is 1. The Morgan fingerprint density at radius 2 is 1.83 bits per heavy atom. The van der Waals surface area contributed by atoms with Gasteiger partial charge in [-0.3, -0.25) is 4.57 Å². The predicted molar refractivity (Wildman–Crippen MR) is 111 cm³/mol. The second kappa shape index (κ2) is 8.41. The van der Waals surface area contributed by atoms with Crippen molar-refractivity contribution in [3.63, 3.8) is 0 Å². The van der Waals surface area contributed by atoms with Crippen molar-refractivity contribution in [3.8, 4) is 11.5 Å². The Morgan fingerprint density at radius 1 is 1.13 bits per heavy atom. The number of aromatic nitrogens is 3. The maximum Gasteiger partial charge on any atom is 0.345 e. The first-order valence-electron chi connectivity index (χ1n) is 10.4. The molecule has 30 heavy (non-hydrogen) atoms. The van der Waals surface area contributed by atoms with Crippen molar-refractivity contribution in [2.75, 3.05) is 27.3 Å². The quantitative estimate of drug-likeness (QED) is 0.780. The van der Waals surface area contributed by atoms with E-state index in [-0.39, 0.29) is 17.6 Å². The van der Waals surface area contributed by atoms with Crippen LogP contribution in [0.3, 0.4) is 0 Å². The van der Waals surface area contributed by atoms with Gasteiger partial charge < -0.3 is 19.7 Å². The molecule has 2 fully saturated rings. The molecule has 9 heteroatoms. The second-order valence-corrected chi connectivity index (χ2v) is 7.97. The normalized spacial score (nSPS) is 17.1. The number of nitrogens with zero attached hydrogens (tertiary/aromatic N) is 4. The molecule has 0 atom stereocenters. The van der Waals surface area contributed by atoms with Crippen molar-refractivity contribution in [1.29, 1.82) is 0 Å². The zero-order valence-corrected chi connectivity index (χ0v) is 17.8. The number of carbonyl (C=O) groups excluding carboxylic acids is 1. The number of hydrogen-bond acceptors (Lipinski definition) is 5. The third-order valence-electron chi connectivity index (χ3n) is 5.93. The lowest BCUT2D eigenvalue weighted by Crippen LogP contribution is -2.44. The number of rotatable bonds is 6. The van der Waals surface area contributed by atoms with Gasteiger partial charge in [0.1, 0.15) is 5.82 Å². The van der Waals surface area contributed by atoms with Gasteiger partial charge in [-0.05, 0) is 43.4 Å². The molecule has 0 radical (unpaired) electrons. The number of hydrogen-bond donors (Lipinski definition) is 1. The van der Waals surface area contributed by atoms with Crippen molar-refractivity contribution < 1.29 is 14.3 Å². The summed E-state index contributed by atoms with van der Waals surface area (Å²) in [7, 11) is 4.90. The van der Waals surface area contributed by atoms with Crippen LogP contribution in [-0.2, 0) is 13.6 Å². The molecule has 0 unspecified atom stereocenters. The lowest BCUT2D eigenvalue weighted by Gasteiger charge is -2.31. The van der Waals surface area contributed by atoms with Gasteiger partial charge in [-0.1, -0.05) is 6.07 Å². The number of benzene rings is 1. The lowest BCUT2D eigenvalue weighted by atomic mass is 9.96. The van der Waals surface area contributed by atoms with Gasteiger partial charge >= 0.3 is 11.7 Å². The van der Waals surface area contributed by atoms with Gasteiger partial charge in [0, 0.05) is 38.6 Å². The first-order valence-corrected chi connectivity index (χ1v) is 10.4. The van der Waals surface area contributed by atoms with Crippen LogP contribution in [0.25, 0.3) is 0 Å². The largest absolute Gasteiger partial charge is 0.493 e. The first-order chi connectivity index (χ1) is 14.5. The van der Waals surface area contributed by atoms with Crippen molar-refractivity contribution in [3.05, 3.63) is 40.1 Å². The highest BCUT2D eigenvalue weighted by Gasteiger charge is 2.34. The molecular formula is C21H29N5O4. The van der Waals surface area contributed by atoms with E-state index in [0.717, 1.165) is 37.1 Å². The van der Waals surface area contributed by atoms with Crippen LogP contribution in [0.1, 0.15) is 49.0 Å². The fourth-order valence-corrected chi connectivity index (χ4v) is 4.07. The Labute approximate surface area is 175 Å². The molecule has 9 nitrogen and oxygen atoms in total. The molecule has 2 heterocycles. The van der Waals surface area contributed by atoms with Crippen LogP contribution < -0.4 is 20.5 Å². The Kier molecular flexibility index (Phi) is 5.69. The van der Waals surface area contributed by atoms with Crippen molar-refractivity contribution in [1.82, 2.24) is 24.6 Å². The van der Waals surface area contributed by atoms with Crippen molar-refractivity contribution >= 4 is 6.03 Å². The van der Waals surface area contributed by atoms with Gasteiger partial charge in [0.2, 0.25) is 0 Å². The summed E-state index contributed by atoms with van der Waals surface area (Å²) in [5.41, 5.74) is 0.917. The Balaban J connectivity index is 1.33. The minimum absolute atomic E-state index is 0.0254. The molecule has 1 N–H and O–H groups in total. The number of aryl methyl sites for hydroxylation is 1. The number of likely N-dealkylation sites (tertiary alicyclic amines) is 1. The number of amides is 2. The maximum absolute atomic E-state index is 12.6. The van der Waals surface area contributed by atoms with Crippen LogP contribution >= 0.6 is 0 Å². The summed E-state index contributed by atoms with van der Waals surface area (Å²) in [6.45, 7) is 1.72. The highest BCUT2D eigenvalue weighted by molar-refractivity contribution is 5.74. The molecule has 1 aliphatic carbocycles. The third kappa shape index (κ3) is 4.01. The van der Waals surface area contributed by atoms with E-state index in [4.69, 9.17) is 9.47 Å². The Bertz CT molecular complexity index is 970. The number of methoxy groups -OCH3 is 2. The van der Waals surface area contributed by atoms with E-state index in [2.05, 4.69) is 10.4 Å². The molecule has 1 aromatic heterocycles. The molecule has 0 spiro atoms. The van der Waals surface area contributed by atoms with E-state index in [0.29, 0.717) is 37.2 Å². The summed E-state index contributed by atoms with van der Waals surface area (Å²) in [5.74, 6) is 2.40. The highest BCUT2D eigenvalue weighted by Crippen LogP contribution is 2.37. The zero-order chi connectivity index (χ0) is 21.3. The van der Waals surface area contributed by atoms with E-state index in [1.165, 1.54) is 4.68 Å². The molecule has 162 valence electrons. The standard InChI is InChI=1S/C21H29N5O4/c1-24-21(28)26(16-5-6-16)19(23-24)15-8-10-25(11-9-15)20(27)22-13-14-4-7-17(29-2)18(12-14)30-3/h4,7,12,15-16H,5-6,8-11,13H2,1-3H3,(H,22,27). The summed E-state index contributed by atoms with van der Waals surface area (Å²) in [6.07, 6.45) is 3.73. The third-order valence-corrected chi connectivity index (χ3v) is 5.93.